The number of piperazine rings is 1. The van der Waals surface area contributed by atoms with E-state index in [1.54, 1.807) is 6.07 Å². The van der Waals surface area contributed by atoms with E-state index in [1.165, 1.54) is 11.8 Å². The predicted octanol–water partition coefficient (Wildman–Crippen LogP) is 3.11. The third-order valence-corrected chi connectivity index (χ3v) is 5.77. The Morgan fingerprint density at radius 3 is 2.37 bits per heavy atom. The first-order chi connectivity index (χ1) is 14.5. The summed E-state index contributed by atoms with van der Waals surface area (Å²) in [6.07, 6.45) is 2.80. The number of carbonyl (C=O) groups is 2. The number of rotatable bonds is 10. The van der Waals surface area contributed by atoms with Crippen LogP contribution in [-0.4, -0.2) is 83.3 Å². The molecule has 30 heavy (non-hydrogen) atoms. The van der Waals surface area contributed by atoms with E-state index in [2.05, 4.69) is 34.0 Å². The van der Waals surface area contributed by atoms with Crippen molar-refractivity contribution in [2.24, 2.45) is 0 Å². The molecule has 0 aliphatic carbocycles. The van der Waals surface area contributed by atoms with Crippen molar-refractivity contribution in [3.8, 4) is 0 Å². The minimum atomic E-state index is -0.0179. The van der Waals surface area contributed by atoms with Crippen molar-refractivity contribution in [2.75, 3.05) is 56.5 Å². The second-order valence-electron chi connectivity index (χ2n) is 7.21. The molecule has 10 heteroatoms. The molecule has 1 fully saturated rings. The number of nitrogens with zero attached hydrogens (tertiary/aromatic N) is 5. The van der Waals surface area contributed by atoms with Crippen LogP contribution in [0.25, 0.3) is 0 Å². The fourth-order valence-electron chi connectivity index (χ4n) is 3.21. The summed E-state index contributed by atoms with van der Waals surface area (Å²) in [5.41, 5.74) is 0. The second-order valence-corrected chi connectivity index (χ2v) is 8.54. The zero-order chi connectivity index (χ0) is 21.9. The molecule has 1 aliphatic heterocycles. The van der Waals surface area contributed by atoms with Gasteiger partial charge in [-0.25, -0.2) is 14.8 Å². The van der Waals surface area contributed by atoms with E-state index < -0.39 is 0 Å². The molecule has 3 amide bonds. The number of amides is 3. The third-order valence-electron chi connectivity index (χ3n) is 4.74. The second kappa shape index (κ2) is 12.8. The Labute approximate surface area is 188 Å². The number of anilines is 1. The fourth-order valence-corrected chi connectivity index (χ4v) is 4.20. The Hall–Kier alpha value is -1.74. The Morgan fingerprint density at radius 1 is 1.10 bits per heavy atom. The maximum atomic E-state index is 12.5. The van der Waals surface area contributed by atoms with Crippen molar-refractivity contribution >= 4 is 41.1 Å². The van der Waals surface area contributed by atoms with Crippen LogP contribution in [0.15, 0.2) is 11.2 Å². The number of carbonyl (C=O) groups excluding carboxylic acids is 2. The number of thioether (sulfide) groups is 1. The molecule has 1 saturated heterocycles. The van der Waals surface area contributed by atoms with Crippen LogP contribution in [0.1, 0.15) is 40.0 Å². The smallest absolute Gasteiger partial charge is 0.317 e. The van der Waals surface area contributed by atoms with Gasteiger partial charge in [-0.2, -0.15) is 0 Å². The van der Waals surface area contributed by atoms with Crippen LogP contribution in [0.4, 0.5) is 10.6 Å². The van der Waals surface area contributed by atoms with Crippen LogP contribution in [0.5, 0.6) is 0 Å². The molecule has 0 saturated carbocycles. The molecule has 0 unspecified atom stereocenters. The fraction of sp³-hybridized carbons (Fsp3) is 0.700. The van der Waals surface area contributed by atoms with Gasteiger partial charge in [0.25, 0.3) is 0 Å². The summed E-state index contributed by atoms with van der Waals surface area (Å²) >= 11 is 7.54. The molecular formula is C20H33ClN6O2S. The van der Waals surface area contributed by atoms with E-state index in [-0.39, 0.29) is 11.9 Å². The number of aromatic nitrogens is 2. The predicted molar refractivity (Wildman–Crippen MR) is 122 cm³/mol. The lowest BCUT2D eigenvalue weighted by Gasteiger charge is -2.35. The molecule has 2 rings (SSSR count). The number of hydrogen-bond acceptors (Lipinski definition) is 6. The van der Waals surface area contributed by atoms with Crippen molar-refractivity contribution < 1.29 is 9.59 Å². The van der Waals surface area contributed by atoms with E-state index in [0.717, 1.165) is 38.2 Å². The monoisotopic (exact) mass is 456 g/mol. The van der Waals surface area contributed by atoms with Crippen molar-refractivity contribution in [1.82, 2.24) is 25.1 Å². The van der Waals surface area contributed by atoms with Crippen LogP contribution in [0, 0.1) is 0 Å². The van der Waals surface area contributed by atoms with Crippen molar-refractivity contribution in [1.29, 1.82) is 0 Å². The van der Waals surface area contributed by atoms with Crippen LogP contribution < -0.4 is 10.2 Å². The minimum absolute atomic E-state index is 0.0179. The van der Waals surface area contributed by atoms with Crippen LogP contribution in [0.3, 0.4) is 0 Å². The Morgan fingerprint density at radius 2 is 1.77 bits per heavy atom. The Kier molecular flexibility index (Phi) is 10.5. The summed E-state index contributed by atoms with van der Waals surface area (Å²) in [5, 5.41) is 3.77. The maximum Gasteiger partial charge on any atom is 0.317 e. The summed E-state index contributed by atoms with van der Waals surface area (Å²) in [7, 11) is 0. The van der Waals surface area contributed by atoms with Crippen LogP contribution >= 0.6 is 23.4 Å². The van der Waals surface area contributed by atoms with Gasteiger partial charge in [0.1, 0.15) is 11.0 Å². The molecule has 168 valence electrons. The maximum absolute atomic E-state index is 12.5. The summed E-state index contributed by atoms with van der Waals surface area (Å²) in [6, 6.07) is 1.72. The van der Waals surface area contributed by atoms with Gasteiger partial charge < -0.3 is 20.0 Å². The lowest BCUT2D eigenvalue weighted by atomic mass is 10.3. The van der Waals surface area contributed by atoms with E-state index in [9.17, 15) is 9.59 Å². The zero-order valence-electron chi connectivity index (χ0n) is 18.2. The summed E-state index contributed by atoms with van der Waals surface area (Å²) < 4.78 is 0. The van der Waals surface area contributed by atoms with Crippen LogP contribution in [0.2, 0.25) is 5.15 Å². The number of nitrogens with one attached hydrogen (secondary N) is 1. The molecule has 0 aromatic carbocycles. The normalized spacial score (nSPS) is 14.0. The summed E-state index contributed by atoms with van der Waals surface area (Å²) in [5.74, 6) is 1.13. The molecule has 1 aromatic heterocycles. The first-order valence-electron chi connectivity index (χ1n) is 10.7. The lowest BCUT2D eigenvalue weighted by molar-refractivity contribution is -0.128. The molecule has 2 heterocycles. The lowest BCUT2D eigenvalue weighted by Crippen LogP contribution is -2.52. The molecule has 1 aliphatic rings. The van der Waals surface area contributed by atoms with Gasteiger partial charge >= 0.3 is 6.03 Å². The molecule has 0 radical (unpaired) electrons. The molecular weight excluding hydrogens is 424 g/mol. The average molecular weight is 457 g/mol. The van der Waals surface area contributed by atoms with Crippen molar-refractivity contribution in [3.05, 3.63) is 11.2 Å². The Bertz CT molecular complexity index is 694. The van der Waals surface area contributed by atoms with Gasteiger partial charge in [-0.15, -0.1) is 0 Å². The van der Waals surface area contributed by atoms with Gasteiger partial charge in [-0.1, -0.05) is 44.1 Å². The summed E-state index contributed by atoms with van der Waals surface area (Å²) in [4.78, 5) is 39.3. The molecule has 1 aromatic rings. The van der Waals surface area contributed by atoms with Gasteiger partial charge in [0, 0.05) is 51.9 Å². The van der Waals surface area contributed by atoms with Gasteiger partial charge in [0.15, 0.2) is 5.16 Å². The van der Waals surface area contributed by atoms with E-state index in [1.807, 2.05) is 16.7 Å². The Balaban J connectivity index is 1.94. The number of urea groups is 1. The van der Waals surface area contributed by atoms with E-state index in [4.69, 9.17) is 11.6 Å². The van der Waals surface area contributed by atoms with Crippen LogP contribution in [-0.2, 0) is 4.79 Å². The highest BCUT2D eigenvalue weighted by molar-refractivity contribution is 7.99. The molecule has 0 bridgehead atoms. The molecule has 0 atom stereocenters. The topological polar surface area (TPSA) is 81.7 Å². The highest BCUT2D eigenvalue weighted by atomic mass is 35.5. The standard InChI is InChI=1S/C20H33ClN6O2S/c1-4-7-22-20(29)27-12-10-25(11-13-27)17-14-16(21)23-19(24-17)30-15-18(28)26(8-5-2)9-6-3/h14H,4-13,15H2,1-3H3,(H,22,29). The quantitative estimate of drug-likeness (QED) is 0.331. The number of hydrogen-bond donors (Lipinski definition) is 1. The number of halogens is 1. The minimum Gasteiger partial charge on any atom is -0.353 e. The van der Waals surface area contributed by atoms with Crippen molar-refractivity contribution in [3.63, 3.8) is 0 Å². The first-order valence-corrected chi connectivity index (χ1v) is 12.1. The molecule has 8 nitrogen and oxygen atoms in total. The van der Waals surface area contributed by atoms with Gasteiger partial charge in [0.05, 0.1) is 5.75 Å². The largest absolute Gasteiger partial charge is 0.353 e. The van der Waals surface area contributed by atoms with Gasteiger partial charge in [-0.05, 0) is 19.3 Å². The SMILES string of the molecule is CCCNC(=O)N1CCN(c2cc(Cl)nc(SCC(=O)N(CCC)CCC)n2)CC1. The molecule has 0 spiro atoms. The molecule has 1 N–H and O–H groups in total. The third kappa shape index (κ3) is 7.50. The van der Waals surface area contributed by atoms with Gasteiger partial charge in [-0.3, -0.25) is 4.79 Å². The van der Waals surface area contributed by atoms with E-state index in [0.29, 0.717) is 48.8 Å². The van der Waals surface area contributed by atoms with Crippen molar-refractivity contribution in [2.45, 2.75) is 45.2 Å². The summed E-state index contributed by atoms with van der Waals surface area (Å²) in [6.45, 7) is 11.0. The average Bonchev–Trinajstić information content (AvgIpc) is 2.75. The highest BCUT2D eigenvalue weighted by Crippen LogP contribution is 2.23. The van der Waals surface area contributed by atoms with Gasteiger partial charge in [0.2, 0.25) is 5.91 Å². The zero-order valence-corrected chi connectivity index (χ0v) is 19.8. The van der Waals surface area contributed by atoms with E-state index >= 15 is 0 Å². The first kappa shape index (κ1) is 24.5. The highest BCUT2D eigenvalue weighted by Gasteiger charge is 2.22.